The van der Waals surface area contributed by atoms with Crippen LogP contribution in [0.4, 0.5) is 13.2 Å². The molecule has 0 N–H and O–H groups in total. The fraction of sp³-hybridized carbons (Fsp3) is 0.125. The second-order valence-electron chi connectivity index (χ2n) is 2.41. The molecule has 6 heteroatoms. The molecule has 0 radical (unpaired) electrons. The normalized spacial score (nSPS) is 11.4. The predicted octanol–water partition coefficient (Wildman–Crippen LogP) is 3.81. The second kappa shape index (κ2) is 3.86. The summed E-state index contributed by atoms with van der Waals surface area (Å²) in [4.78, 5) is 11.2. The van der Waals surface area contributed by atoms with Gasteiger partial charge in [0.25, 0.3) is 0 Å². The maximum Gasteiger partial charge on any atom is 0.419 e. The molecule has 0 spiro atoms. The van der Waals surface area contributed by atoms with Crippen LogP contribution >= 0.6 is 27.3 Å². The molecule has 0 aliphatic carbocycles. The average Bonchev–Trinajstić information content (AvgIpc) is 2.47. The summed E-state index contributed by atoms with van der Waals surface area (Å²) in [7, 11) is 0. The summed E-state index contributed by atoms with van der Waals surface area (Å²) in [6, 6.07) is 2.84. The van der Waals surface area contributed by atoms with Crippen LogP contribution in [0.15, 0.2) is 28.1 Å². The molecular weight excluding hydrogens is 281 g/mol. The highest BCUT2D eigenvalue weighted by molar-refractivity contribution is 9.11. The molecule has 1 aromatic heterocycles. The van der Waals surface area contributed by atoms with Gasteiger partial charge >= 0.3 is 6.18 Å². The van der Waals surface area contributed by atoms with E-state index in [-0.39, 0.29) is 4.88 Å². The van der Waals surface area contributed by atoms with Gasteiger partial charge in [-0.25, -0.2) is 0 Å². The van der Waals surface area contributed by atoms with Crippen LogP contribution in [0.1, 0.15) is 9.67 Å². The number of carbonyl (C=O) groups excluding carboxylic acids is 1. The Bertz CT molecular complexity index is 380. The number of thiophene rings is 1. The van der Waals surface area contributed by atoms with Gasteiger partial charge in [-0.3, -0.25) is 4.79 Å². The molecular formula is C8H4BrF3OS. The second-order valence-corrected chi connectivity index (χ2v) is 4.87. The lowest BCUT2D eigenvalue weighted by Crippen LogP contribution is -2.18. The maximum absolute atomic E-state index is 12.1. The first-order valence-corrected chi connectivity index (χ1v) is 4.99. The third-order valence-corrected chi connectivity index (χ3v) is 3.04. The lowest BCUT2D eigenvalue weighted by molar-refractivity contribution is -0.0883. The summed E-state index contributed by atoms with van der Waals surface area (Å²) in [5, 5.41) is 0. The van der Waals surface area contributed by atoms with E-state index in [2.05, 4.69) is 22.5 Å². The highest BCUT2D eigenvalue weighted by atomic mass is 79.9. The monoisotopic (exact) mass is 284 g/mol. The smallest absolute Gasteiger partial charge is 0.288 e. The molecule has 1 heterocycles. The molecule has 0 bridgehead atoms. The molecule has 0 aromatic carbocycles. The number of ketones is 1. The van der Waals surface area contributed by atoms with Crippen molar-refractivity contribution in [3.63, 3.8) is 0 Å². The van der Waals surface area contributed by atoms with Gasteiger partial charge < -0.3 is 0 Å². The third kappa shape index (κ3) is 2.45. The van der Waals surface area contributed by atoms with Gasteiger partial charge in [0.05, 0.1) is 14.2 Å². The largest absolute Gasteiger partial charge is 0.419 e. The Labute approximate surface area is 90.4 Å². The van der Waals surface area contributed by atoms with E-state index in [1.54, 1.807) is 0 Å². The number of hydrogen-bond donors (Lipinski definition) is 0. The van der Waals surface area contributed by atoms with Crippen LogP contribution in [0.2, 0.25) is 0 Å². The van der Waals surface area contributed by atoms with Gasteiger partial charge in [-0.2, -0.15) is 13.2 Å². The number of hydrogen-bond acceptors (Lipinski definition) is 2. The lowest BCUT2D eigenvalue weighted by Gasteiger charge is -2.06. The summed E-state index contributed by atoms with van der Waals surface area (Å²) in [5.41, 5.74) is -1.34. The van der Waals surface area contributed by atoms with Crippen LogP contribution in [0.25, 0.3) is 0 Å². The predicted molar refractivity (Wildman–Crippen MR) is 51.5 cm³/mol. The van der Waals surface area contributed by atoms with Crippen molar-refractivity contribution in [2.45, 2.75) is 6.18 Å². The molecule has 0 amide bonds. The molecule has 1 nitrogen and oxygen atoms in total. The van der Waals surface area contributed by atoms with E-state index in [0.29, 0.717) is 3.79 Å². The number of alkyl halides is 3. The topological polar surface area (TPSA) is 17.1 Å². The Hall–Kier alpha value is -0.620. The van der Waals surface area contributed by atoms with Crippen molar-refractivity contribution < 1.29 is 18.0 Å². The number of carbonyl (C=O) groups is 1. The zero-order valence-corrected chi connectivity index (χ0v) is 9.09. The van der Waals surface area contributed by atoms with Crippen molar-refractivity contribution in [2.75, 3.05) is 0 Å². The molecule has 0 aliphatic heterocycles. The van der Waals surface area contributed by atoms with Gasteiger partial charge in [-0.1, -0.05) is 6.58 Å². The molecule has 0 aliphatic rings. The SMILES string of the molecule is C=C(C(=O)c1ccc(Br)s1)C(F)(F)F. The number of rotatable bonds is 2. The van der Waals surface area contributed by atoms with E-state index in [4.69, 9.17) is 0 Å². The minimum atomic E-state index is -4.66. The average molecular weight is 285 g/mol. The van der Waals surface area contributed by atoms with Gasteiger partial charge in [0.15, 0.2) is 0 Å². The van der Waals surface area contributed by atoms with Crippen LogP contribution < -0.4 is 0 Å². The minimum Gasteiger partial charge on any atom is -0.288 e. The molecule has 14 heavy (non-hydrogen) atoms. The lowest BCUT2D eigenvalue weighted by atomic mass is 10.1. The molecule has 1 aromatic rings. The van der Waals surface area contributed by atoms with Crippen LogP contribution in [0.3, 0.4) is 0 Å². The Morgan fingerprint density at radius 1 is 1.43 bits per heavy atom. The number of allylic oxidation sites excluding steroid dienone is 1. The van der Waals surface area contributed by atoms with Crippen molar-refractivity contribution >= 4 is 33.0 Å². The summed E-state index contributed by atoms with van der Waals surface area (Å²) in [5.74, 6) is -1.08. The van der Waals surface area contributed by atoms with Gasteiger partial charge in [0, 0.05) is 0 Å². The number of Topliss-reactive ketones (excluding diaryl/α,β-unsaturated/α-hetero) is 1. The minimum absolute atomic E-state index is 0.0270. The zero-order valence-electron chi connectivity index (χ0n) is 6.69. The van der Waals surface area contributed by atoms with Crippen LogP contribution in [0.5, 0.6) is 0 Å². The van der Waals surface area contributed by atoms with Gasteiger partial charge in [0.2, 0.25) is 5.78 Å². The first-order valence-electron chi connectivity index (χ1n) is 3.38. The highest BCUT2D eigenvalue weighted by Crippen LogP contribution is 2.30. The van der Waals surface area contributed by atoms with Gasteiger partial charge in [-0.05, 0) is 28.1 Å². The van der Waals surface area contributed by atoms with E-state index in [1.165, 1.54) is 12.1 Å². The molecule has 0 saturated heterocycles. The van der Waals surface area contributed by atoms with Crippen molar-refractivity contribution in [3.8, 4) is 0 Å². The highest BCUT2D eigenvalue weighted by Gasteiger charge is 2.37. The Kier molecular flexibility index (Phi) is 3.16. The quantitative estimate of drug-likeness (QED) is 0.596. The summed E-state index contributed by atoms with van der Waals surface area (Å²) < 4.78 is 36.8. The summed E-state index contributed by atoms with van der Waals surface area (Å²) in [6.45, 7) is 2.73. The van der Waals surface area contributed by atoms with Crippen molar-refractivity contribution in [1.82, 2.24) is 0 Å². The zero-order chi connectivity index (χ0) is 10.9. The first kappa shape index (κ1) is 11.5. The molecule has 76 valence electrons. The van der Waals surface area contributed by atoms with Crippen molar-refractivity contribution in [1.29, 1.82) is 0 Å². The van der Waals surface area contributed by atoms with E-state index in [1.807, 2.05) is 0 Å². The Morgan fingerprint density at radius 3 is 2.36 bits per heavy atom. The van der Waals surface area contributed by atoms with Crippen molar-refractivity contribution in [3.05, 3.63) is 32.9 Å². The van der Waals surface area contributed by atoms with E-state index in [9.17, 15) is 18.0 Å². The van der Waals surface area contributed by atoms with E-state index in [0.717, 1.165) is 11.3 Å². The van der Waals surface area contributed by atoms with E-state index < -0.39 is 17.5 Å². The maximum atomic E-state index is 12.1. The Balaban J connectivity index is 2.92. The Morgan fingerprint density at radius 2 is 2.00 bits per heavy atom. The van der Waals surface area contributed by atoms with Crippen LogP contribution in [0, 0.1) is 0 Å². The standard InChI is InChI=1S/C8H4BrF3OS/c1-4(8(10,11)12)7(13)5-2-3-6(9)14-5/h2-3H,1H2. The molecule has 0 unspecified atom stereocenters. The first-order chi connectivity index (χ1) is 6.32. The molecule has 0 atom stereocenters. The fourth-order valence-corrected chi connectivity index (χ4v) is 2.07. The van der Waals surface area contributed by atoms with Crippen molar-refractivity contribution in [2.24, 2.45) is 0 Å². The molecule has 0 saturated carbocycles. The van der Waals surface area contributed by atoms with Crippen LogP contribution in [-0.4, -0.2) is 12.0 Å². The van der Waals surface area contributed by atoms with Crippen LogP contribution in [-0.2, 0) is 0 Å². The number of halogens is 4. The van der Waals surface area contributed by atoms with E-state index >= 15 is 0 Å². The summed E-state index contributed by atoms with van der Waals surface area (Å²) in [6.07, 6.45) is -4.66. The fourth-order valence-electron chi connectivity index (χ4n) is 0.714. The van der Waals surface area contributed by atoms with Gasteiger partial charge in [-0.15, -0.1) is 11.3 Å². The molecule has 0 fully saturated rings. The molecule has 1 rings (SSSR count). The third-order valence-electron chi connectivity index (χ3n) is 1.41. The van der Waals surface area contributed by atoms with Gasteiger partial charge in [0.1, 0.15) is 0 Å². The summed E-state index contributed by atoms with van der Waals surface area (Å²) >= 11 is 4.00.